The molecule has 6 atom stereocenters. The Hall–Kier alpha value is -2.21. The van der Waals surface area contributed by atoms with Crippen LogP contribution in [0.25, 0.3) is 16.5 Å². The normalized spacial score (nSPS) is 37.9. The number of ketones is 1. The molecule has 3 heterocycles. The Morgan fingerprint density at radius 3 is 2.55 bits per heavy atom. The Morgan fingerprint density at radius 2 is 1.81 bits per heavy atom. The number of hydrogen-bond acceptors (Lipinski definition) is 4. The summed E-state index contributed by atoms with van der Waals surface area (Å²) in [5, 5.41) is 12.0. The molecule has 0 spiro atoms. The van der Waals surface area contributed by atoms with Crippen molar-refractivity contribution in [2.24, 2.45) is 17.3 Å². The Bertz CT molecular complexity index is 1630. The number of rotatable bonds is 1. The Morgan fingerprint density at radius 1 is 1.05 bits per heavy atom. The van der Waals surface area contributed by atoms with Crippen LogP contribution < -0.4 is 0 Å². The largest absolute Gasteiger partial charge is 0.387 e. The van der Waals surface area contributed by atoms with Crippen LogP contribution >= 0.6 is 0 Å². The molecule has 42 heavy (non-hydrogen) atoms. The molecule has 0 bridgehead atoms. The Labute approximate surface area is 250 Å². The van der Waals surface area contributed by atoms with Crippen LogP contribution in [-0.4, -0.2) is 44.9 Å². The molecule has 8 rings (SSSR count). The maximum atomic E-state index is 13.2. The molecule has 2 aromatic rings. The Balaban J connectivity index is 1.21. The summed E-state index contributed by atoms with van der Waals surface area (Å²) in [7, 11) is 0. The van der Waals surface area contributed by atoms with Crippen LogP contribution in [0, 0.1) is 17.3 Å². The van der Waals surface area contributed by atoms with E-state index in [9.17, 15) is 9.90 Å². The minimum absolute atomic E-state index is 0.00373. The van der Waals surface area contributed by atoms with Gasteiger partial charge in [0.15, 0.2) is 5.78 Å². The molecule has 5 nitrogen and oxygen atoms in total. The zero-order valence-electron chi connectivity index (χ0n) is 26.7. The fourth-order valence-corrected chi connectivity index (χ4v) is 10.8. The molecule has 5 heteroatoms. The van der Waals surface area contributed by atoms with Gasteiger partial charge in [-0.1, -0.05) is 13.8 Å². The van der Waals surface area contributed by atoms with E-state index in [0.717, 1.165) is 44.9 Å². The summed E-state index contributed by atoms with van der Waals surface area (Å²) in [6.07, 6.45) is 8.31. The lowest BCUT2D eigenvalue weighted by Gasteiger charge is -2.60. The van der Waals surface area contributed by atoms with Crippen molar-refractivity contribution in [3.8, 4) is 0 Å². The average Bonchev–Trinajstić information content (AvgIpc) is 3.50. The van der Waals surface area contributed by atoms with Crippen molar-refractivity contribution in [3.05, 3.63) is 51.7 Å². The third-order valence-electron chi connectivity index (χ3n) is 12.8. The quantitative estimate of drug-likeness (QED) is 0.383. The monoisotopic (exact) mass is 569 g/mol. The van der Waals surface area contributed by atoms with Gasteiger partial charge >= 0.3 is 0 Å². The zero-order valence-corrected chi connectivity index (χ0v) is 26.7. The molecule has 4 aliphatic carbocycles. The molecule has 2 saturated carbocycles. The first-order valence-corrected chi connectivity index (χ1v) is 16.3. The summed E-state index contributed by atoms with van der Waals surface area (Å²) < 4.78 is 12.9. The highest BCUT2D eigenvalue weighted by molar-refractivity contribution is 5.96. The van der Waals surface area contributed by atoms with E-state index < -0.39 is 11.7 Å². The molecule has 1 unspecified atom stereocenters. The second-order valence-corrected chi connectivity index (χ2v) is 16.6. The first kappa shape index (κ1) is 27.3. The smallest absolute Gasteiger partial charge is 0.187 e. The number of hydrogen-bond donors (Lipinski definition) is 2. The van der Waals surface area contributed by atoms with Crippen molar-refractivity contribution < 1.29 is 19.4 Å². The number of aliphatic hydroxyl groups is 1. The molecule has 0 saturated heterocycles. The van der Waals surface area contributed by atoms with Crippen LogP contribution in [0.15, 0.2) is 29.4 Å². The SMILES string of the molecule is CC1(C)CC2=C(Cc3cc4c5c([nH]c4cc32)[C@@]2(C)[C@@H](CCC3C4=CC(=O)[C@@H](C(C)(C)O)O[C@H]4CC[C@@]32C)C5)C(C)(C)O1. The van der Waals surface area contributed by atoms with Crippen molar-refractivity contribution in [1.82, 2.24) is 4.98 Å². The average molecular weight is 570 g/mol. The highest BCUT2D eigenvalue weighted by atomic mass is 16.5. The predicted molar refractivity (Wildman–Crippen MR) is 165 cm³/mol. The van der Waals surface area contributed by atoms with E-state index in [2.05, 4.69) is 58.7 Å². The number of benzene rings is 1. The third-order valence-corrected chi connectivity index (χ3v) is 12.8. The zero-order chi connectivity index (χ0) is 29.8. The van der Waals surface area contributed by atoms with Gasteiger partial charge in [-0.15, -0.1) is 0 Å². The molecule has 2 aliphatic heterocycles. The van der Waals surface area contributed by atoms with E-state index in [1.807, 2.05) is 6.08 Å². The predicted octanol–water partition coefficient (Wildman–Crippen LogP) is 7.13. The highest BCUT2D eigenvalue weighted by Gasteiger charge is 2.64. The lowest BCUT2D eigenvalue weighted by molar-refractivity contribution is -0.161. The number of aromatic amines is 1. The third kappa shape index (κ3) is 3.39. The highest BCUT2D eigenvalue weighted by Crippen LogP contribution is 2.68. The van der Waals surface area contributed by atoms with E-state index in [-0.39, 0.29) is 33.9 Å². The van der Waals surface area contributed by atoms with E-state index in [1.54, 1.807) is 13.8 Å². The maximum absolute atomic E-state index is 13.2. The van der Waals surface area contributed by atoms with E-state index in [4.69, 9.17) is 9.47 Å². The van der Waals surface area contributed by atoms with E-state index in [0.29, 0.717) is 11.8 Å². The van der Waals surface area contributed by atoms with Gasteiger partial charge in [0.25, 0.3) is 0 Å². The van der Waals surface area contributed by atoms with Gasteiger partial charge in [0.2, 0.25) is 0 Å². The van der Waals surface area contributed by atoms with Crippen molar-refractivity contribution in [2.45, 2.75) is 135 Å². The molecular weight excluding hydrogens is 522 g/mol. The summed E-state index contributed by atoms with van der Waals surface area (Å²) >= 11 is 0. The van der Waals surface area contributed by atoms with Gasteiger partial charge in [0.1, 0.15) is 6.10 Å². The Kier molecular flexibility index (Phi) is 5.26. The van der Waals surface area contributed by atoms with Gasteiger partial charge in [-0.25, -0.2) is 0 Å². The fourth-order valence-electron chi connectivity index (χ4n) is 10.8. The summed E-state index contributed by atoms with van der Waals surface area (Å²) in [6.45, 7) is 17.3. The molecule has 0 radical (unpaired) electrons. The molecule has 2 N–H and O–H groups in total. The molecular formula is C37H47NO4. The molecule has 6 aliphatic rings. The molecule has 1 aromatic heterocycles. The van der Waals surface area contributed by atoms with Gasteiger partial charge in [0, 0.05) is 28.4 Å². The number of nitrogens with one attached hydrogen (secondary N) is 1. The number of H-pyrrole nitrogens is 1. The minimum Gasteiger partial charge on any atom is -0.387 e. The van der Waals surface area contributed by atoms with Crippen molar-refractivity contribution >= 4 is 22.3 Å². The van der Waals surface area contributed by atoms with Crippen LogP contribution in [0.1, 0.15) is 110 Å². The van der Waals surface area contributed by atoms with Crippen molar-refractivity contribution in [2.75, 3.05) is 0 Å². The van der Waals surface area contributed by atoms with Crippen LogP contribution in [0.5, 0.6) is 0 Å². The van der Waals surface area contributed by atoms with Crippen LogP contribution in [0.3, 0.4) is 0 Å². The topological polar surface area (TPSA) is 71.6 Å². The van der Waals surface area contributed by atoms with E-state index >= 15 is 0 Å². The minimum atomic E-state index is -1.18. The van der Waals surface area contributed by atoms with Crippen LogP contribution in [0.4, 0.5) is 0 Å². The number of carbonyl (C=O) groups is 1. The first-order valence-electron chi connectivity index (χ1n) is 16.3. The fraction of sp³-hybridized carbons (Fsp3) is 0.649. The van der Waals surface area contributed by atoms with Crippen molar-refractivity contribution in [1.29, 1.82) is 0 Å². The number of aromatic nitrogens is 1. The van der Waals surface area contributed by atoms with Crippen molar-refractivity contribution in [3.63, 3.8) is 0 Å². The number of fused-ring (bicyclic) bond motifs is 11. The lowest BCUT2D eigenvalue weighted by atomic mass is 9.44. The van der Waals surface area contributed by atoms with Gasteiger partial charge in [-0.05, 0) is 149 Å². The lowest BCUT2D eigenvalue weighted by Crippen LogP contribution is -2.59. The molecule has 224 valence electrons. The second-order valence-electron chi connectivity index (χ2n) is 16.6. The van der Waals surface area contributed by atoms with Crippen LogP contribution in [-0.2, 0) is 32.5 Å². The number of carbonyl (C=O) groups excluding carboxylic acids is 1. The number of ether oxygens (including phenoxy) is 2. The van der Waals surface area contributed by atoms with Gasteiger partial charge in [0.05, 0.1) is 22.9 Å². The summed E-state index contributed by atoms with van der Waals surface area (Å²) in [5.74, 6) is 0.829. The first-order chi connectivity index (χ1) is 19.5. The molecule has 0 amide bonds. The molecule has 1 aromatic carbocycles. The maximum Gasteiger partial charge on any atom is 0.187 e. The van der Waals surface area contributed by atoms with Gasteiger partial charge in [-0.2, -0.15) is 0 Å². The van der Waals surface area contributed by atoms with Gasteiger partial charge < -0.3 is 19.6 Å². The molecule has 2 fully saturated rings. The van der Waals surface area contributed by atoms with E-state index in [1.165, 1.54) is 50.0 Å². The van der Waals surface area contributed by atoms with Crippen LogP contribution in [0.2, 0.25) is 0 Å². The summed E-state index contributed by atoms with van der Waals surface area (Å²) in [5.41, 5.74) is 9.68. The summed E-state index contributed by atoms with van der Waals surface area (Å²) in [4.78, 5) is 17.2. The van der Waals surface area contributed by atoms with Gasteiger partial charge in [-0.3, -0.25) is 4.79 Å². The second kappa shape index (κ2) is 8.08. The summed E-state index contributed by atoms with van der Waals surface area (Å²) in [6, 6.07) is 4.96. The standard InChI is InChI=1S/C37H47NO4/c1-33(2)18-25-21-16-28-22(13-19(21)14-27(25)35(5,6)42-33)23-15-20-9-10-26-24-17-29(39)32(34(3,4)40)41-30(24)11-12-36(26,7)37(20,8)31(23)38-28/h13,16-17,20,26,30,32,38,40H,9-12,14-15,18H2,1-8H3/t20-,26?,30-,32-,36-,37+/m0/s1.